The van der Waals surface area contributed by atoms with Gasteiger partial charge in [0.2, 0.25) is 5.70 Å². The maximum absolute atomic E-state index is 10.5. The molecular formula is C9H10N2O2. The first kappa shape index (κ1) is 9.38. The van der Waals surface area contributed by atoms with E-state index in [0.29, 0.717) is 6.42 Å². The van der Waals surface area contributed by atoms with Gasteiger partial charge in [0.05, 0.1) is 4.92 Å². The maximum atomic E-state index is 10.5. The van der Waals surface area contributed by atoms with Crippen LogP contribution in [-0.2, 0) is 0 Å². The van der Waals surface area contributed by atoms with Crippen LogP contribution in [0.15, 0.2) is 30.2 Å². The summed E-state index contributed by atoms with van der Waals surface area (Å²) in [6, 6.07) is 3.53. The molecule has 0 aliphatic heterocycles. The van der Waals surface area contributed by atoms with Crippen molar-refractivity contribution in [2.24, 2.45) is 0 Å². The first-order valence-electron chi connectivity index (χ1n) is 3.99. The molecular weight excluding hydrogens is 168 g/mol. The van der Waals surface area contributed by atoms with Crippen LogP contribution in [0.2, 0.25) is 0 Å². The van der Waals surface area contributed by atoms with Gasteiger partial charge in [-0.3, -0.25) is 15.1 Å². The molecule has 0 N–H and O–H groups in total. The number of hydrogen-bond donors (Lipinski definition) is 0. The molecule has 0 aliphatic carbocycles. The summed E-state index contributed by atoms with van der Waals surface area (Å²) < 4.78 is 0. The molecule has 0 saturated heterocycles. The topological polar surface area (TPSA) is 56.0 Å². The average molecular weight is 178 g/mol. The molecule has 0 amide bonds. The van der Waals surface area contributed by atoms with Crippen molar-refractivity contribution in [2.75, 3.05) is 0 Å². The molecule has 1 aromatic heterocycles. The molecule has 0 aromatic carbocycles. The molecule has 0 aliphatic rings. The van der Waals surface area contributed by atoms with Gasteiger partial charge < -0.3 is 0 Å². The molecule has 68 valence electrons. The van der Waals surface area contributed by atoms with E-state index in [-0.39, 0.29) is 10.6 Å². The van der Waals surface area contributed by atoms with Crippen molar-refractivity contribution in [3.05, 3.63) is 45.9 Å². The predicted octanol–water partition coefficient (Wildman–Crippen LogP) is 2.11. The Kier molecular flexibility index (Phi) is 3.14. The quantitative estimate of drug-likeness (QED) is 0.526. The first-order valence-corrected chi connectivity index (χ1v) is 3.99. The van der Waals surface area contributed by atoms with Crippen molar-refractivity contribution in [1.82, 2.24) is 4.98 Å². The van der Waals surface area contributed by atoms with Gasteiger partial charge in [0, 0.05) is 24.9 Å². The van der Waals surface area contributed by atoms with Gasteiger partial charge in [-0.1, -0.05) is 13.0 Å². The average Bonchev–Trinajstić information content (AvgIpc) is 2.15. The highest BCUT2D eigenvalue weighted by atomic mass is 16.6. The zero-order valence-corrected chi connectivity index (χ0v) is 7.30. The molecule has 13 heavy (non-hydrogen) atoms. The van der Waals surface area contributed by atoms with Gasteiger partial charge in [-0.2, -0.15) is 0 Å². The smallest absolute Gasteiger partial charge is 0.246 e. The van der Waals surface area contributed by atoms with Gasteiger partial charge in [-0.25, -0.2) is 0 Å². The van der Waals surface area contributed by atoms with E-state index in [1.165, 1.54) is 6.08 Å². The molecule has 1 rings (SSSR count). The van der Waals surface area contributed by atoms with E-state index in [1.807, 2.05) is 0 Å². The highest BCUT2D eigenvalue weighted by molar-refractivity contribution is 5.49. The first-order chi connectivity index (χ1) is 6.24. The lowest BCUT2D eigenvalue weighted by atomic mass is 10.2. The van der Waals surface area contributed by atoms with Gasteiger partial charge in [0.25, 0.3) is 0 Å². The van der Waals surface area contributed by atoms with Crippen LogP contribution in [0.4, 0.5) is 0 Å². The summed E-state index contributed by atoms with van der Waals surface area (Å²) in [6.07, 6.45) is 5.18. The van der Waals surface area contributed by atoms with E-state index >= 15 is 0 Å². The molecule has 0 fully saturated rings. The Morgan fingerprint density at radius 1 is 1.77 bits per heavy atom. The van der Waals surface area contributed by atoms with E-state index in [9.17, 15) is 10.1 Å². The van der Waals surface area contributed by atoms with Crippen LogP contribution in [0.25, 0.3) is 6.08 Å². The number of aromatic nitrogens is 1. The fourth-order valence-electron chi connectivity index (χ4n) is 0.938. The van der Waals surface area contributed by atoms with Crippen LogP contribution in [-0.4, -0.2) is 9.91 Å². The van der Waals surface area contributed by atoms with Gasteiger partial charge in [-0.05, 0) is 11.6 Å². The molecule has 0 atom stereocenters. The second-order valence-electron chi connectivity index (χ2n) is 2.53. The lowest BCUT2D eigenvalue weighted by molar-refractivity contribution is -0.425. The van der Waals surface area contributed by atoms with Crippen LogP contribution in [0, 0.1) is 10.1 Å². The Balaban J connectivity index is 2.92. The summed E-state index contributed by atoms with van der Waals surface area (Å²) in [5.41, 5.74) is 0.962. The Hall–Kier alpha value is -1.71. The van der Waals surface area contributed by atoms with Crippen molar-refractivity contribution >= 4 is 6.08 Å². The van der Waals surface area contributed by atoms with Crippen LogP contribution < -0.4 is 0 Å². The van der Waals surface area contributed by atoms with Gasteiger partial charge in [0.1, 0.15) is 0 Å². The number of allylic oxidation sites excluding steroid dienone is 1. The van der Waals surface area contributed by atoms with Crippen molar-refractivity contribution < 1.29 is 4.92 Å². The van der Waals surface area contributed by atoms with Crippen LogP contribution in [0.1, 0.15) is 18.9 Å². The maximum Gasteiger partial charge on any atom is 0.246 e. The summed E-state index contributed by atoms with van der Waals surface area (Å²) in [7, 11) is 0. The van der Waals surface area contributed by atoms with Crippen molar-refractivity contribution in [3.63, 3.8) is 0 Å². The minimum atomic E-state index is -0.368. The zero-order chi connectivity index (χ0) is 9.68. The van der Waals surface area contributed by atoms with E-state index in [1.54, 1.807) is 31.5 Å². The lowest BCUT2D eigenvalue weighted by Gasteiger charge is -1.93. The normalized spacial score (nSPS) is 11.3. The van der Waals surface area contributed by atoms with E-state index in [0.717, 1.165) is 5.56 Å². The Labute approximate surface area is 76.1 Å². The SMILES string of the molecule is CC/C(=C/c1cccnc1)[N+](=O)[O-]. The summed E-state index contributed by atoms with van der Waals surface area (Å²) in [4.78, 5) is 13.9. The third-order valence-corrected chi connectivity index (χ3v) is 1.61. The number of nitro groups is 1. The van der Waals surface area contributed by atoms with E-state index in [2.05, 4.69) is 4.98 Å². The second-order valence-corrected chi connectivity index (χ2v) is 2.53. The van der Waals surface area contributed by atoms with Crippen LogP contribution in [0.5, 0.6) is 0 Å². The number of pyridine rings is 1. The number of hydrogen-bond acceptors (Lipinski definition) is 3. The molecule has 1 heterocycles. The van der Waals surface area contributed by atoms with E-state index < -0.39 is 0 Å². The monoisotopic (exact) mass is 178 g/mol. The number of nitrogens with zero attached hydrogens (tertiary/aromatic N) is 2. The van der Waals surface area contributed by atoms with E-state index in [4.69, 9.17) is 0 Å². The summed E-state index contributed by atoms with van der Waals surface area (Å²) in [5.74, 6) is 0. The van der Waals surface area contributed by atoms with Crippen LogP contribution >= 0.6 is 0 Å². The molecule has 4 heteroatoms. The van der Waals surface area contributed by atoms with Gasteiger partial charge in [0.15, 0.2) is 0 Å². The Morgan fingerprint density at radius 3 is 3.00 bits per heavy atom. The molecule has 1 aromatic rings. The summed E-state index contributed by atoms with van der Waals surface area (Å²) in [6.45, 7) is 1.75. The molecule has 0 radical (unpaired) electrons. The third kappa shape index (κ3) is 2.66. The zero-order valence-electron chi connectivity index (χ0n) is 7.30. The molecule has 0 saturated carbocycles. The van der Waals surface area contributed by atoms with Gasteiger partial charge >= 0.3 is 0 Å². The third-order valence-electron chi connectivity index (χ3n) is 1.61. The largest absolute Gasteiger partial charge is 0.264 e. The Bertz CT molecular complexity index is 320. The number of rotatable bonds is 3. The molecule has 0 unspecified atom stereocenters. The minimum Gasteiger partial charge on any atom is -0.264 e. The lowest BCUT2D eigenvalue weighted by Crippen LogP contribution is -1.96. The minimum absolute atomic E-state index is 0.202. The summed E-state index contributed by atoms with van der Waals surface area (Å²) in [5, 5.41) is 10.5. The molecule has 0 spiro atoms. The fourth-order valence-corrected chi connectivity index (χ4v) is 0.938. The van der Waals surface area contributed by atoms with Gasteiger partial charge in [-0.15, -0.1) is 0 Å². The van der Waals surface area contributed by atoms with Crippen molar-refractivity contribution in [1.29, 1.82) is 0 Å². The van der Waals surface area contributed by atoms with Crippen molar-refractivity contribution in [2.45, 2.75) is 13.3 Å². The van der Waals surface area contributed by atoms with Crippen molar-refractivity contribution in [3.8, 4) is 0 Å². The molecule has 0 bridgehead atoms. The fraction of sp³-hybridized carbons (Fsp3) is 0.222. The highest BCUT2D eigenvalue weighted by Crippen LogP contribution is 2.08. The highest BCUT2D eigenvalue weighted by Gasteiger charge is 2.06. The van der Waals surface area contributed by atoms with Crippen LogP contribution in [0.3, 0.4) is 0 Å². The Morgan fingerprint density at radius 2 is 2.54 bits per heavy atom. The molecule has 4 nitrogen and oxygen atoms in total. The predicted molar refractivity (Wildman–Crippen MR) is 49.5 cm³/mol. The summed E-state index contributed by atoms with van der Waals surface area (Å²) >= 11 is 0. The second kappa shape index (κ2) is 4.35. The standard InChI is InChI=1S/C9H10N2O2/c1-2-9(11(12)13)6-8-4-3-5-10-7-8/h3-7H,2H2,1H3/b9-6-.